The van der Waals surface area contributed by atoms with Crippen LogP contribution in [0, 0.1) is 24.0 Å². The van der Waals surface area contributed by atoms with E-state index in [9.17, 15) is 10.1 Å². The molecule has 0 radical (unpaired) electrons. The highest BCUT2D eigenvalue weighted by Gasteiger charge is 2.45. The van der Waals surface area contributed by atoms with Gasteiger partial charge in [0.25, 0.3) is 8.32 Å². The minimum atomic E-state index is -2.45. The molecule has 0 saturated carbocycles. The summed E-state index contributed by atoms with van der Waals surface area (Å²) < 4.78 is 31.5. The molecule has 0 aliphatic carbocycles. The van der Waals surface area contributed by atoms with Gasteiger partial charge < -0.3 is 23.1 Å². The zero-order valence-electron chi connectivity index (χ0n) is 32.3. The highest BCUT2D eigenvalue weighted by atomic mass is 28.4. The summed E-state index contributed by atoms with van der Waals surface area (Å²) in [5.74, 6) is 2.51. The molecule has 0 heterocycles. The maximum atomic E-state index is 13.1. The molecule has 0 N–H and O–H groups in total. The summed E-state index contributed by atoms with van der Waals surface area (Å²) in [4.78, 5) is 12.9. The summed E-state index contributed by atoms with van der Waals surface area (Å²) >= 11 is 0. The number of nitro groups is 1. The van der Waals surface area contributed by atoms with E-state index >= 15 is 0 Å². The van der Waals surface area contributed by atoms with Gasteiger partial charge in [0.05, 0.1) is 14.2 Å². The van der Waals surface area contributed by atoms with Gasteiger partial charge in [-0.3, -0.25) is 10.1 Å². The molecule has 10 heteroatoms. The number of hydrogen-bond donors (Lipinski definition) is 0. The average molecular weight is 710 g/mol. The van der Waals surface area contributed by atoms with Gasteiger partial charge in [0.2, 0.25) is 6.04 Å². The first-order valence-corrected chi connectivity index (χ1v) is 22.9. The van der Waals surface area contributed by atoms with Gasteiger partial charge in [-0.1, -0.05) is 77.9 Å². The molecule has 3 aromatic rings. The molecule has 0 saturated heterocycles. The van der Waals surface area contributed by atoms with Crippen molar-refractivity contribution < 1.29 is 28.0 Å². The normalized spacial score (nSPS) is 13.8. The van der Waals surface area contributed by atoms with Crippen molar-refractivity contribution in [3.8, 4) is 23.0 Å². The molecule has 49 heavy (non-hydrogen) atoms. The van der Waals surface area contributed by atoms with Crippen LogP contribution in [0.25, 0.3) is 0 Å². The predicted molar refractivity (Wildman–Crippen MR) is 204 cm³/mol. The molecule has 0 unspecified atom stereocenters. The van der Waals surface area contributed by atoms with E-state index in [0.717, 1.165) is 27.8 Å². The second kappa shape index (κ2) is 15.7. The van der Waals surface area contributed by atoms with Gasteiger partial charge in [-0.2, -0.15) is 0 Å². The molecule has 0 fully saturated rings. The van der Waals surface area contributed by atoms with Crippen LogP contribution in [0.5, 0.6) is 23.0 Å². The monoisotopic (exact) mass is 709 g/mol. The quantitative estimate of drug-likeness (QED) is 0.0882. The van der Waals surface area contributed by atoms with E-state index in [1.54, 1.807) is 14.2 Å². The van der Waals surface area contributed by atoms with Crippen LogP contribution in [-0.2, 0) is 23.9 Å². The lowest BCUT2D eigenvalue weighted by Crippen LogP contribution is -2.50. The van der Waals surface area contributed by atoms with Crippen molar-refractivity contribution in [3.05, 3.63) is 92.5 Å². The van der Waals surface area contributed by atoms with E-state index in [0.29, 0.717) is 36.0 Å². The van der Waals surface area contributed by atoms with Crippen LogP contribution in [0.1, 0.15) is 69.4 Å². The van der Waals surface area contributed by atoms with Crippen LogP contribution < -0.4 is 18.6 Å². The molecule has 3 rings (SSSR count). The van der Waals surface area contributed by atoms with Gasteiger partial charge in [0, 0.05) is 17.8 Å². The van der Waals surface area contributed by atoms with E-state index in [4.69, 9.17) is 23.1 Å². The molecule has 2 atom stereocenters. The zero-order valence-corrected chi connectivity index (χ0v) is 34.3. The molecule has 0 amide bonds. The first-order valence-electron chi connectivity index (χ1n) is 17.1. The van der Waals surface area contributed by atoms with Crippen molar-refractivity contribution in [2.75, 3.05) is 14.2 Å². The predicted octanol–water partition coefficient (Wildman–Crippen LogP) is 10.1. The Balaban J connectivity index is 2.10. The molecular weight excluding hydrogens is 651 g/mol. The average Bonchev–Trinajstić information content (AvgIpc) is 3.00. The van der Waals surface area contributed by atoms with Crippen LogP contribution in [-0.4, -0.2) is 47.9 Å². The van der Waals surface area contributed by atoms with Crippen LogP contribution in [0.4, 0.5) is 0 Å². The van der Waals surface area contributed by atoms with Crippen molar-refractivity contribution in [3.63, 3.8) is 0 Å². The van der Waals surface area contributed by atoms with E-state index in [-0.39, 0.29) is 21.4 Å². The Morgan fingerprint density at radius 1 is 0.755 bits per heavy atom. The molecule has 0 bridgehead atoms. The largest absolute Gasteiger partial charge is 0.541 e. The van der Waals surface area contributed by atoms with Crippen molar-refractivity contribution in [2.24, 2.45) is 0 Å². The van der Waals surface area contributed by atoms with E-state index in [1.165, 1.54) is 0 Å². The van der Waals surface area contributed by atoms with Gasteiger partial charge in [0.15, 0.2) is 25.6 Å². The van der Waals surface area contributed by atoms with Crippen LogP contribution >= 0.6 is 0 Å². The molecular formula is C39H59NO7Si2. The fraction of sp³-hybridized carbons (Fsp3) is 0.538. The Hall–Kier alpha value is -3.35. The number of nitrogens with zero attached hydrogens (tertiary/aromatic N) is 1. The Kier molecular flexibility index (Phi) is 12.8. The third-order valence-electron chi connectivity index (χ3n) is 10.5. The highest BCUT2D eigenvalue weighted by molar-refractivity contribution is 6.75. The summed E-state index contributed by atoms with van der Waals surface area (Å²) in [6, 6.07) is 16.4. The summed E-state index contributed by atoms with van der Waals surface area (Å²) in [7, 11) is -1.44. The lowest BCUT2D eigenvalue weighted by atomic mass is 9.91. The zero-order chi connectivity index (χ0) is 36.9. The van der Waals surface area contributed by atoms with Gasteiger partial charge in [-0.05, 0) is 96.1 Å². The van der Waals surface area contributed by atoms with Gasteiger partial charge in [-0.15, -0.1) is 0 Å². The molecule has 3 aromatic carbocycles. The fourth-order valence-electron chi connectivity index (χ4n) is 5.26. The Morgan fingerprint density at radius 2 is 1.35 bits per heavy atom. The second-order valence-electron chi connectivity index (χ2n) is 16.1. The topological polar surface area (TPSA) is 89.3 Å². The molecule has 0 aliphatic rings. The summed E-state index contributed by atoms with van der Waals surface area (Å²) in [6.45, 7) is 26.3. The van der Waals surface area contributed by atoms with E-state index in [1.807, 2.05) is 68.4 Å². The molecule has 8 nitrogen and oxygen atoms in total. The third kappa shape index (κ3) is 9.89. The fourth-order valence-corrected chi connectivity index (χ4v) is 7.68. The van der Waals surface area contributed by atoms with Crippen molar-refractivity contribution in [1.82, 2.24) is 0 Å². The van der Waals surface area contributed by atoms with Crippen molar-refractivity contribution in [2.45, 2.75) is 123 Å². The number of methoxy groups -OCH3 is 2. The minimum absolute atomic E-state index is 0.0256. The lowest BCUT2D eigenvalue weighted by Gasteiger charge is -2.40. The number of benzene rings is 3. The first kappa shape index (κ1) is 40.1. The molecule has 0 aliphatic heterocycles. The highest BCUT2D eigenvalue weighted by Crippen LogP contribution is 2.44. The number of rotatable bonds is 15. The Labute approximate surface area is 296 Å². The van der Waals surface area contributed by atoms with E-state index in [2.05, 4.69) is 67.7 Å². The lowest BCUT2D eigenvalue weighted by molar-refractivity contribution is -0.532. The van der Waals surface area contributed by atoms with Crippen molar-refractivity contribution in [1.29, 1.82) is 0 Å². The minimum Gasteiger partial charge on any atom is -0.541 e. The maximum absolute atomic E-state index is 13.1. The van der Waals surface area contributed by atoms with Gasteiger partial charge >= 0.3 is 0 Å². The smallest absolute Gasteiger partial charge is 0.250 e. The molecule has 270 valence electrons. The van der Waals surface area contributed by atoms with Gasteiger partial charge in [-0.25, -0.2) is 0 Å². The third-order valence-corrected chi connectivity index (χ3v) is 19.3. The van der Waals surface area contributed by atoms with Crippen LogP contribution in [0.2, 0.25) is 36.3 Å². The Bertz CT molecular complexity index is 1580. The summed E-state index contributed by atoms with van der Waals surface area (Å²) in [5.41, 5.74) is 4.71. The first-order chi connectivity index (χ1) is 22.6. The Morgan fingerprint density at radius 3 is 1.88 bits per heavy atom. The number of ether oxygens (including phenoxy) is 3. The molecule has 0 spiro atoms. The SMILES string of the molecule is COc1ccc(C[C@@H]([C@@H](Cc2c(C)cc(OC)c(O[Si](C)(C)C(C)(C)C)c2C)O[Si](C)(C)C(C)(C)C)[N+](=O)[O-])cc1OCc1ccccc1. The van der Waals surface area contributed by atoms with Crippen LogP contribution in [0.15, 0.2) is 54.6 Å². The second-order valence-corrected chi connectivity index (χ2v) is 25.6. The maximum Gasteiger partial charge on any atom is 0.250 e. The van der Waals surface area contributed by atoms with Crippen LogP contribution in [0.3, 0.4) is 0 Å². The van der Waals surface area contributed by atoms with Gasteiger partial charge in [0.1, 0.15) is 18.5 Å². The standard InChI is InChI=1S/C39H59NO7Si2/c1-27-22-36(44-10)37(47-49(13,14)39(6,7)8)28(2)31(27)25-34(46-48(11,12)38(3,4)5)32(40(41)42)23-30-20-21-33(43-9)35(24-30)45-26-29-18-16-15-17-19-29/h15-22,24,32,34H,23,25-26H2,1-14H3/t32-,34+/m0/s1. The number of aryl methyl sites for hydroxylation is 1. The van der Waals surface area contributed by atoms with Crippen molar-refractivity contribution >= 4 is 16.6 Å². The molecule has 0 aromatic heterocycles. The summed E-state index contributed by atoms with van der Waals surface area (Å²) in [6.07, 6.45) is -0.168. The summed E-state index contributed by atoms with van der Waals surface area (Å²) in [5, 5.41) is 12.9. The number of hydrogen-bond acceptors (Lipinski definition) is 7. The van der Waals surface area contributed by atoms with E-state index < -0.39 is 28.8 Å².